The Hall–Kier alpha value is -1.95. The summed E-state index contributed by atoms with van der Waals surface area (Å²) in [6.07, 6.45) is 5.43. The van der Waals surface area contributed by atoms with E-state index >= 15 is 0 Å². The predicted molar refractivity (Wildman–Crippen MR) is 68.3 cm³/mol. The molecule has 2 aliphatic rings. The second-order valence-electron chi connectivity index (χ2n) is 4.99. The largest absolute Gasteiger partial charge is 0.618 e. The number of fused-ring (bicyclic) bond motifs is 2. The van der Waals surface area contributed by atoms with Crippen molar-refractivity contribution in [2.45, 2.75) is 25.5 Å². The summed E-state index contributed by atoms with van der Waals surface area (Å²) in [5.74, 6) is 0.279. The molecule has 6 heteroatoms. The Labute approximate surface area is 110 Å². The minimum Gasteiger partial charge on any atom is -0.618 e. The molecule has 0 amide bonds. The van der Waals surface area contributed by atoms with E-state index in [-0.39, 0.29) is 11.7 Å². The minimum atomic E-state index is -0.408. The van der Waals surface area contributed by atoms with Crippen LogP contribution in [0.25, 0.3) is 0 Å². The van der Waals surface area contributed by atoms with Crippen molar-refractivity contribution in [2.24, 2.45) is 5.92 Å². The highest BCUT2D eigenvalue weighted by Gasteiger charge is 2.33. The number of allylic oxidation sites excluding steroid dienone is 1. The number of aliphatic hydroxyl groups excluding tert-OH is 1. The number of aromatic nitrogens is 1. The van der Waals surface area contributed by atoms with E-state index in [0.717, 1.165) is 4.74 Å². The van der Waals surface area contributed by atoms with Gasteiger partial charge in [-0.25, -0.2) is 0 Å². The molecule has 0 spiro atoms. The molecule has 1 aliphatic heterocycles. The first-order chi connectivity index (χ1) is 9.10. The molecule has 1 aromatic heterocycles. The third-order valence-electron chi connectivity index (χ3n) is 3.74. The molecular formula is C13H16N2O4. The predicted octanol–water partition coefficient (Wildman–Crippen LogP) is 0.800. The van der Waals surface area contributed by atoms with Gasteiger partial charge in [-0.15, -0.1) is 0 Å². The molecule has 2 unspecified atom stereocenters. The molecule has 1 aliphatic carbocycles. The lowest BCUT2D eigenvalue weighted by molar-refractivity contribution is -0.406. The zero-order valence-electron chi connectivity index (χ0n) is 10.6. The van der Waals surface area contributed by atoms with Gasteiger partial charge in [0.05, 0.1) is 25.3 Å². The van der Waals surface area contributed by atoms with E-state index in [1.165, 1.54) is 13.3 Å². The Balaban J connectivity index is 2.10. The van der Waals surface area contributed by atoms with Gasteiger partial charge in [-0.2, -0.15) is 4.74 Å². The molecule has 0 saturated heterocycles. The molecule has 19 heavy (non-hydrogen) atoms. The van der Waals surface area contributed by atoms with Crippen molar-refractivity contribution in [3.8, 4) is 11.5 Å². The zero-order chi connectivity index (χ0) is 13.6. The standard InChI is InChI=1S/C13H16N2O4/c1-19-13-11-6-15(18)10-3-2-9(16)4-8(10)5-14(11)7-12(13)17/h3,6-9,16-17H,2,4-5H2,1H3. The van der Waals surface area contributed by atoms with Crippen LogP contribution in [0.5, 0.6) is 11.5 Å². The summed E-state index contributed by atoms with van der Waals surface area (Å²) in [6.45, 7) is 0.546. The van der Waals surface area contributed by atoms with Crippen LogP contribution in [-0.4, -0.2) is 38.9 Å². The molecular weight excluding hydrogens is 248 g/mol. The lowest BCUT2D eigenvalue weighted by Crippen LogP contribution is -2.25. The molecule has 2 heterocycles. The molecule has 0 radical (unpaired) electrons. The van der Waals surface area contributed by atoms with Crippen molar-refractivity contribution in [3.05, 3.63) is 28.9 Å². The smallest absolute Gasteiger partial charge is 0.208 e. The monoisotopic (exact) mass is 264 g/mol. The maximum atomic E-state index is 12.2. The van der Waals surface area contributed by atoms with Crippen molar-refractivity contribution in [3.63, 3.8) is 0 Å². The van der Waals surface area contributed by atoms with Crippen LogP contribution < -0.4 is 4.74 Å². The van der Waals surface area contributed by atoms with Gasteiger partial charge in [-0.1, -0.05) is 0 Å². The first-order valence-electron chi connectivity index (χ1n) is 6.25. The van der Waals surface area contributed by atoms with Gasteiger partial charge in [0.15, 0.2) is 22.9 Å². The number of ether oxygens (including phenoxy) is 1. The average Bonchev–Trinajstić information content (AvgIpc) is 2.57. The molecule has 0 bridgehead atoms. The summed E-state index contributed by atoms with van der Waals surface area (Å²) in [4.78, 5) is 0. The Morgan fingerprint density at radius 2 is 2.32 bits per heavy atom. The van der Waals surface area contributed by atoms with E-state index in [0.29, 0.717) is 36.5 Å². The van der Waals surface area contributed by atoms with Crippen molar-refractivity contribution in [1.29, 1.82) is 0 Å². The van der Waals surface area contributed by atoms with Crippen molar-refractivity contribution in [1.82, 2.24) is 4.57 Å². The van der Waals surface area contributed by atoms with Crippen LogP contribution in [0.1, 0.15) is 18.5 Å². The number of nitrogens with zero attached hydrogens (tertiary/aromatic N) is 2. The van der Waals surface area contributed by atoms with E-state index in [1.54, 1.807) is 16.8 Å². The molecule has 6 nitrogen and oxygen atoms in total. The van der Waals surface area contributed by atoms with Gasteiger partial charge in [0.25, 0.3) is 0 Å². The second-order valence-corrected chi connectivity index (χ2v) is 4.99. The van der Waals surface area contributed by atoms with E-state index < -0.39 is 6.10 Å². The summed E-state index contributed by atoms with van der Waals surface area (Å²) in [7, 11) is 1.46. The molecule has 102 valence electrons. The highest BCUT2D eigenvalue weighted by molar-refractivity contribution is 5.80. The summed E-state index contributed by atoms with van der Waals surface area (Å²) >= 11 is 0. The number of methoxy groups -OCH3 is 1. The maximum absolute atomic E-state index is 12.2. The van der Waals surface area contributed by atoms with Crippen LogP contribution in [0, 0.1) is 11.1 Å². The lowest BCUT2D eigenvalue weighted by Gasteiger charge is -2.23. The zero-order valence-corrected chi connectivity index (χ0v) is 10.6. The topological polar surface area (TPSA) is 80.7 Å². The lowest BCUT2D eigenvalue weighted by atomic mass is 9.90. The Morgan fingerprint density at radius 3 is 3.05 bits per heavy atom. The van der Waals surface area contributed by atoms with E-state index in [1.807, 2.05) is 0 Å². The molecule has 0 aromatic carbocycles. The van der Waals surface area contributed by atoms with Gasteiger partial charge in [0.2, 0.25) is 6.21 Å². The Kier molecular flexibility index (Phi) is 2.74. The third kappa shape index (κ3) is 1.88. The SMILES string of the molecule is COc1c(O)cn2c1C=[N+]([O-])C1=CCC(O)CC1C2. The molecule has 1 aromatic rings. The quantitative estimate of drug-likeness (QED) is 0.580. The fraction of sp³-hybridized carbons (Fsp3) is 0.462. The van der Waals surface area contributed by atoms with Crippen LogP contribution in [0.4, 0.5) is 0 Å². The third-order valence-corrected chi connectivity index (χ3v) is 3.74. The minimum absolute atomic E-state index is 0.0194. The van der Waals surface area contributed by atoms with Crippen LogP contribution in [-0.2, 0) is 6.54 Å². The van der Waals surface area contributed by atoms with Gasteiger partial charge in [0, 0.05) is 6.54 Å². The Morgan fingerprint density at radius 1 is 1.53 bits per heavy atom. The first kappa shape index (κ1) is 12.1. The fourth-order valence-corrected chi connectivity index (χ4v) is 2.86. The maximum Gasteiger partial charge on any atom is 0.208 e. The van der Waals surface area contributed by atoms with Gasteiger partial charge >= 0.3 is 0 Å². The number of aromatic hydroxyl groups is 1. The fourth-order valence-electron chi connectivity index (χ4n) is 2.86. The van der Waals surface area contributed by atoms with Crippen molar-refractivity contribution >= 4 is 6.21 Å². The van der Waals surface area contributed by atoms with E-state index in [4.69, 9.17) is 4.74 Å². The number of hydrogen-bond acceptors (Lipinski definition) is 4. The highest BCUT2D eigenvalue weighted by atomic mass is 16.5. The molecule has 0 fully saturated rings. The number of rotatable bonds is 1. The van der Waals surface area contributed by atoms with Gasteiger partial charge in [-0.3, -0.25) is 0 Å². The van der Waals surface area contributed by atoms with E-state index in [9.17, 15) is 15.4 Å². The van der Waals surface area contributed by atoms with Crippen LogP contribution >= 0.6 is 0 Å². The molecule has 0 saturated carbocycles. The number of hydroxylamine groups is 1. The summed E-state index contributed by atoms with van der Waals surface area (Å²) in [5.41, 5.74) is 1.23. The summed E-state index contributed by atoms with van der Waals surface area (Å²) in [6, 6.07) is 0. The number of aliphatic hydroxyl groups is 1. The van der Waals surface area contributed by atoms with E-state index in [2.05, 4.69) is 0 Å². The summed E-state index contributed by atoms with van der Waals surface area (Å²) < 4.78 is 7.74. The molecule has 2 N–H and O–H groups in total. The number of hydrogen-bond donors (Lipinski definition) is 2. The van der Waals surface area contributed by atoms with Crippen molar-refractivity contribution < 1.29 is 19.7 Å². The molecule has 3 rings (SSSR count). The summed E-state index contributed by atoms with van der Waals surface area (Å²) in [5, 5.41) is 31.7. The van der Waals surface area contributed by atoms with Gasteiger partial charge < -0.3 is 24.7 Å². The van der Waals surface area contributed by atoms with Gasteiger partial charge in [-0.05, 0) is 18.9 Å². The normalized spacial score (nSPS) is 25.8. The van der Waals surface area contributed by atoms with Gasteiger partial charge in [0.1, 0.15) is 0 Å². The second kappa shape index (κ2) is 4.31. The van der Waals surface area contributed by atoms with Crippen LogP contribution in [0.3, 0.4) is 0 Å². The van der Waals surface area contributed by atoms with Crippen LogP contribution in [0.2, 0.25) is 0 Å². The van der Waals surface area contributed by atoms with Crippen molar-refractivity contribution in [2.75, 3.05) is 7.11 Å². The Bertz CT molecular complexity index is 573. The molecule has 2 atom stereocenters. The first-order valence-corrected chi connectivity index (χ1v) is 6.25. The highest BCUT2D eigenvalue weighted by Crippen LogP contribution is 2.36. The average molecular weight is 264 g/mol. The van der Waals surface area contributed by atoms with Crippen LogP contribution in [0.15, 0.2) is 18.0 Å².